The number of anilines is 1. The summed E-state index contributed by atoms with van der Waals surface area (Å²) in [6, 6.07) is 16.7. The van der Waals surface area contributed by atoms with E-state index >= 15 is 0 Å². The van der Waals surface area contributed by atoms with Crippen LogP contribution in [0.5, 0.6) is 5.75 Å². The number of hydrogen-bond acceptors (Lipinski definition) is 5. The first kappa shape index (κ1) is 19.7. The maximum Gasteiger partial charge on any atom is 0.238 e. The highest BCUT2D eigenvalue weighted by atomic mass is 16.5. The fourth-order valence-corrected chi connectivity index (χ4v) is 4.17. The monoisotopic (exact) mass is 395 g/mol. The molecule has 2 aromatic rings. The van der Waals surface area contributed by atoms with Crippen LogP contribution in [0.3, 0.4) is 0 Å². The molecule has 2 aromatic carbocycles. The molecule has 6 nitrogen and oxygen atoms in total. The standard InChI is InChI=1S/C23H29N3O3/c1-24-17-22(27)26(12-11-18-3-9-21(28-2)10-4-18)23(24)19-5-7-20(8-6-19)25-13-15-29-16-14-25/h3-10,23H,11-17H2,1-2H3. The summed E-state index contributed by atoms with van der Waals surface area (Å²) in [5.74, 6) is 1.03. The van der Waals surface area contributed by atoms with Gasteiger partial charge in [0.2, 0.25) is 5.91 Å². The van der Waals surface area contributed by atoms with Crippen molar-refractivity contribution >= 4 is 11.6 Å². The van der Waals surface area contributed by atoms with E-state index in [0.717, 1.165) is 44.0 Å². The van der Waals surface area contributed by atoms with Crippen LogP contribution in [0.25, 0.3) is 0 Å². The molecule has 6 heteroatoms. The Morgan fingerprint density at radius 3 is 2.38 bits per heavy atom. The topological polar surface area (TPSA) is 45.2 Å². The SMILES string of the molecule is COc1ccc(CCN2C(=O)CN(C)C2c2ccc(N3CCOCC3)cc2)cc1. The number of hydrogen-bond donors (Lipinski definition) is 0. The van der Waals surface area contributed by atoms with E-state index in [1.165, 1.54) is 11.3 Å². The van der Waals surface area contributed by atoms with Gasteiger partial charge in [-0.05, 0) is 48.9 Å². The fourth-order valence-electron chi connectivity index (χ4n) is 4.17. The van der Waals surface area contributed by atoms with Crippen molar-refractivity contribution in [2.24, 2.45) is 0 Å². The van der Waals surface area contributed by atoms with Crippen molar-refractivity contribution in [2.75, 3.05) is 58.5 Å². The average Bonchev–Trinajstić information content (AvgIpc) is 3.06. The minimum absolute atomic E-state index is 0.0144. The van der Waals surface area contributed by atoms with Crippen molar-refractivity contribution < 1.29 is 14.3 Å². The maximum absolute atomic E-state index is 12.6. The van der Waals surface area contributed by atoms with Gasteiger partial charge in [-0.25, -0.2) is 0 Å². The summed E-state index contributed by atoms with van der Waals surface area (Å²) in [5.41, 5.74) is 3.58. The number of ether oxygens (including phenoxy) is 2. The van der Waals surface area contributed by atoms with Gasteiger partial charge in [0.25, 0.3) is 0 Å². The van der Waals surface area contributed by atoms with Crippen LogP contribution in [-0.2, 0) is 16.0 Å². The van der Waals surface area contributed by atoms with Gasteiger partial charge in [0.1, 0.15) is 11.9 Å². The normalized spacial score (nSPS) is 20.3. The van der Waals surface area contributed by atoms with E-state index in [0.29, 0.717) is 13.1 Å². The van der Waals surface area contributed by atoms with Crippen molar-refractivity contribution in [3.8, 4) is 5.75 Å². The Bertz CT molecular complexity index is 816. The van der Waals surface area contributed by atoms with Gasteiger partial charge in [-0.2, -0.15) is 0 Å². The van der Waals surface area contributed by atoms with E-state index in [9.17, 15) is 4.79 Å². The molecule has 0 aliphatic carbocycles. The first-order chi connectivity index (χ1) is 14.2. The molecule has 2 aliphatic rings. The average molecular weight is 396 g/mol. The Kier molecular flexibility index (Phi) is 6.02. The van der Waals surface area contributed by atoms with Crippen LogP contribution in [0, 0.1) is 0 Å². The predicted octanol–water partition coefficient (Wildman–Crippen LogP) is 2.55. The smallest absolute Gasteiger partial charge is 0.238 e. The van der Waals surface area contributed by atoms with Crippen LogP contribution < -0.4 is 9.64 Å². The van der Waals surface area contributed by atoms with Crippen LogP contribution in [0.4, 0.5) is 5.69 Å². The van der Waals surface area contributed by atoms with Crippen molar-refractivity contribution in [3.63, 3.8) is 0 Å². The first-order valence-corrected chi connectivity index (χ1v) is 10.2. The maximum atomic E-state index is 12.6. The summed E-state index contributed by atoms with van der Waals surface area (Å²) in [7, 11) is 3.69. The van der Waals surface area contributed by atoms with E-state index in [-0.39, 0.29) is 12.1 Å². The molecular weight excluding hydrogens is 366 g/mol. The molecule has 0 N–H and O–H groups in total. The molecule has 2 heterocycles. The number of carbonyl (C=O) groups is 1. The zero-order chi connectivity index (χ0) is 20.2. The number of morpholine rings is 1. The van der Waals surface area contributed by atoms with Crippen molar-refractivity contribution in [1.82, 2.24) is 9.80 Å². The second-order valence-corrected chi connectivity index (χ2v) is 7.66. The van der Waals surface area contributed by atoms with Crippen molar-refractivity contribution in [2.45, 2.75) is 12.6 Å². The van der Waals surface area contributed by atoms with Crippen molar-refractivity contribution in [3.05, 3.63) is 59.7 Å². The molecule has 2 aliphatic heterocycles. The highest BCUT2D eigenvalue weighted by molar-refractivity contribution is 5.81. The number of methoxy groups -OCH3 is 1. The lowest BCUT2D eigenvalue weighted by atomic mass is 10.1. The molecule has 1 unspecified atom stereocenters. The lowest BCUT2D eigenvalue weighted by molar-refractivity contribution is -0.128. The minimum Gasteiger partial charge on any atom is -0.497 e. The number of rotatable bonds is 6. The Labute approximate surface area is 172 Å². The molecule has 29 heavy (non-hydrogen) atoms. The van der Waals surface area contributed by atoms with Crippen LogP contribution in [0.2, 0.25) is 0 Å². The number of carbonyl (C=O) groups excluding carboxylic acids is 1. The largest absolute Gasteiger partial charge is 0.497 e. The highest BCUT2D eigenvalue weighted by Crippen LogP contribution is 2.31. The fraction of sp³-hybridized carbons (Fsp3) is 0.435. The summed E-state index contributed by atoms with van der Waals surface area (Å²) in [6.07, 6.45) is 0.811. The van der Waals surface area contributed by atoms with Crippen LogP contribution >= 0.6 is 0 Å². The summed E-state index contributed by atoms with van der Waals surface area (Å²) in [5, 5.41) is 0. The van der Waals surface area contributed by atoms with E-state index in [1.54, 1.807) is 7.11 Å². The Morgan fingerprint density at radius 1 is 1.03 bits per heavy atom. The third-order valence-corrected chi connectivity index (χ3v) is 5.79. The lowest BCUT2D eigenvalue weighted by Gasteiger charge is -2.31. The Hall–Kier alpha value is -2.57. The van der Waals surface area contributed by atoms with Crippen LogP contribution in [0.1, 0.15) is 17.3 Å². The van der Waals surface area contributed by atoms with Gasteiger partial charge in [0.05, 0.1) is 26.9 Å². The number of benzene rings is 2. The molecule has 4 rings (SSSR count). The molecule has 1 atom stereocenters. The summed E-state index contributed by atoms with van der Waals surface area (Å²) in [6.45, 7) is 4.57. The number of amides is 1. The summed E-state index contributed by atoms with van der Waals surface area (Å²) >= 11 is 0. The van der Waals surface area contributed by atoms with E-state index < -0.39 is 0 Å². The first-order valence-electron chi connectivity index (χ1n) is 10.2. The molecule has 1 amide bonds. The molecule has 0 radical (unpaired) electrons. The van der Waals surface area contributed by atoms with Gasteiger partial charge in [-0.15, -0.1) is 0 Å². The van der Waals surface area contributed by atoms with Crippen molar-refractivity contribution in [1.29, 1.82) is 0 Å². The Balaban J connectivity index is 1.46. The number of nitrogens with zero attached hydrogens (tertiary/aromatic N) is 3. The third kappa shape index (κ3) is 4.38. The summed E-state index contributed by atoms with van der Waals surface area (Å²) < 4.78 is 10.7. The van der Waals surface area contributed by atoms with Gasteiger partial charge in [0, 0.05) is 25.3 Å². The van der Waals surface area contributed by atoms with Gasteiger partial charge in [0.15, 0.2) is 0 Å². The zero-order valence-electron chi connectivity index (χ0n) is 17.2. The van der Waals surface area contributed by atoms with E-state index in [2.05, 4.69) is 46.2 Å². The number of likely N-dealkylation sites (N-methyl/N-ethyl adjacent to an activating group) is 1. The predicted molar refractivity (Wildman–Crippen MR) is 113 cm³/mol. The van der Waals surface area contributed by atoms with E-state index in [4.69, 9.17) is 9.47 Å². The molecule has 0 bridgehead atoms. The van der Waals surface area contributed by atoms with Crippen LogP contribution in [-0.4, -0.2) is 69.3 Å². The van der Waals surface area contributed by atoms with Crippen LogP contribution in [0.15, 0.2) is 48.5 Å². The lowest BCUT2D eigenvalue weighted by Crippen LogP contribution is -2.36. The molecule has 2 saturated heterocycles. The van der Waals surface area contributed by atoms with Gasteiger partial charge in [-0.3, -0.25) is 9.69 Å². The molecule has 0 spiro atoms. The minimum atomic E-state index is -0.0144. The summed E-state index contributed by atoms with van der Waals surface area (Å²) in [4.78, 5) is 19.1. The molecule has 0 aromatic heterocycles. The zero-order valence-corrected chi connectivity index (χ0v) is 17.2. The molecule has 0 saturated carbocycles. The molecular formula is C23H29N3O3. The quantitative estimate of drug-likeness (QED) is 0.752. The second-order valence-electron chi connectivity index (χ2n) is 7.66. The molecule has 154 valence electrons. The highest BCUT2D eigenvalue weighted by Gasteiger charge is 2.36. The van der Waals surface area contributed by atoms with E-state index in [1.807, 2.05) is 24.1 Å². The van der Waals surface area contributed by atoms with Gasteiger partial charge in [-0.1, -0.05) is 24.3 Å². The Morgan fingerprint density at radius 2 is 1.72 bits per heavy atom. The second kappa shape index (κ2) is 8.84. The van der Waals surface area contributed by atoms with Gasteiger partial charge < -0.3 is 19.3 Å². The third-order valence-electron chi connectivity index (χ3n) is 5.79. The molecule has 2 fully saturated rings. The van der Waals surface area contributed by atoms with Gasteiger partial charge >= 0.3 is 0 Å².